The van der Waals surface area contributed by atoms with Gasteiger partial charge in [-0.3, -0.25) is 14.5 Å². The van der Waals surface area contributed by atoms with Crippen LogP contribution in [-0.4, -0.2) is 49.1 Å². The molecule has 0 spiro atoms. The molecule has 1 atom stereocenters. The summed E-state index contributed by atoms with van der Waals surface area (Å²) in [6.45, 7) is -0.777. The zero-order valence-electron chi connectivity index (χ0n) is 13.4. The number of carbonyl (C=O) groups excluding carboxylic acids is 2. The van der Waals surface area contributed by atoms with Gasteiger partial charge in [0.2, 0.25) is 11.8 Å². The van der Waals surface area contributed by atoms with Gasteiger partial charge in [0.25, 0.3) is 0 Å². The smallest absolute Gasteiger partial charge is 0.369 e. The van der Waals surface area contributed by atoms with Crippen LogP contribution in [0.4, 0.5) is 18.9 Å². The summed E-state index contributed by atoms with van der Waals surface area (Å²) in [7, 11) is 0. The zero-order valence-corrected chi connectivity index (χ0v) is 14.2. The summed E-state index contributed by atoms with van der Waals surface area (Å²) in [6, 6.07) is 5.60. The normalized spacial score (nSPS) is 18.8. The zero-order chi connectivity index (χ0) is 18.6. The summed E-state index contributed by atoms with van der Waals surface area (Å²) in [5.74, 6) is -1.53. The van der Waals surface area contributed by atoms with Crippen LogP contribution in [0.5, 0.6) is 0 Å². The third kappa shape index (κ3) is 5.89. The van der Waals surface area contributed by atoms with Crippen LogP contribution in [0.3, 0.4) is 0 Å². The first-order valence-electron chi connectivity index (χ1n) is 7.80. The molecule has 2 amide bonds. The van der Waals surface area contributed by atoms with Crippen molar-refractivity contribution in [3.63, 3.8) is 0 Å². The summed E-state index contributed by atoms with van der Waals surface area (Å²) in [5, 5.41) is 0.364. The monoisotopic (exact) mass is 377 g/mol. The minimum absolute atomic E-state index is 0.121. The highest BCUT2D eigenvalue weighted by Crippen LogP contribution is 2.24. The first-order chi connectivity index (χ1) is 11.7. The summed E-state index contributed by atoms with van der Waals surface area (Å²) in [5.41, 5.74) is 5.41. The molecule has 1 aliphatic heterocycles. The first kappa shape index (κ1) is 19.5. The molecule has 1 saturated heterocycles. The molecule has 2 rings (SSSR count). The molecule has 5 nitrogen and oxygen atoms in total. The van der Waals surface area contributed by atoms with Gasteiger partial charge in [-0.15, -0.1) is 0 Å². The number of piperidine rings is 1. The number of nitrogens with two attached hydrogens (primary N) is 1. The van der Waals surface area contributed by atoms with E-state index in [0.29, 0.717) is 29.3 Å². The fourth-order valence-corrected chi connectivity index (χ4v) is 2.96. The van der Waals surface area contributed by atoms with Crippen LogP contribution >= 0.6 is 11.6 Å². The number of nitrogens with zero attached hydrogens (tertiary/aromatic N) is 2. The molecule has 0 bridgehead atoms. The second kappa shape index (κ2) is 8.05. The number of hydrogen-bond acceptors (Lipinski definition) is 3. The van der Waals surface area contributed by atoms with E-state index < -0.39 is 24.5 Å². The Bertz CT molecular complexity index is 622. The number of anilines is 1. The number of primary amides is 1. The number of halogens is 4. The molecule has 1 aromatic rings. The van der Waals surface area contributed by atoms with E-state index in [1.807, 2.05) is 0 Å². The van der Waals surface area contributed by atoms with Crippen molar-refractivity contribution in [1.82, 2.24) is 4.90 Å². The van der Waals surface area contributed by atoms with Crippen LogP contribution in [0, 0.1) is 5.92 Å². The van der Waals surface area contributed by atoms with Crippen LogP contribution < -0.4 is 10.6 Å². The minimum atomic E-state index is -4.53. The Hall–Kier alpha value is -1.80. The molecule has 1 aromatic carbocycles. The predicted molar refractivity (Wildman–Crippen MR) is 88.2 cm³/mol. The van der Waals surface area contributed by atoms with Gasteiger partial charge in [0.15, 0.2) is 0 Å². The number of amides is 2. The van der Waals surface area contributed by atoms with Crippen molar-refractivity contribution in [2.24, 2.45) is 11.7 Å². The van der Waals surface area contributed by atoms with Crippen LogP contribution in [-0.2, 0) is 9.59 Å². The lowest BCUT2D eigenvalue weighted by Gasteiger charge is -2.32. The first-order valence-corrected chi connectivity index (χ1v) is 8.18. The van der Waals surface area contributed by atoms with Gasteiger partial charge in [-0.25, -0.2) is 0 Å². The van der Waals surface area contributed by atoms with E-state index in [0.717, 1.165) is 0 Å². The maximum Gasteiger partial charge on any atom is 0.406 e. The number of hydrogen-bond donors (Lipinski definition) is 1. The molecule has 9 heteroatoms. The Balaban J connectivity index is 2.12. The third-order valence-electron chi connectivity index (χ3n) is 4.04. The quantitative estimate of drug-likeness (QED) is 0.857. The van der Waals surface area contributed by atoms with E-state index in [-0.39, 0.29) is 24.7 Å². The number of alkyl halides is 3. The molecule has 138 valence electrons. The molecule has 0 aromatic heterocycles. The second-order valence-electron chi connectivity index (χ2n) is 6.05. The molecule has 0 radical (unpaired) electrons. The van der Waals surface area contributed by atoms with Crippen LogP contribution in [0.15, 0.2) is 24.3 Å². The fraction of sp³-hybridized carbons (Fsp3) is 0.500. The maximum atomic E-state index is 12.9. The highest BCUT2D eigenvalue weighted by molar-refractivity contribution is 6.30. The Morgan fingerprint density at radius 1 is 1.28 bits per heavy atom. The molecule has 0 unspecified atom stereocenters. The number of rotatable bonds is 5. The van der Waals surface area contributed by atoms with Gasteiger partial charge in [0.1, 0.15) is 6.54 Å². The van der Waals surface area contributed by atoms with Crippen molar-refractivity contribution in [1.29, 1.82) is 0 Å². The Kier molecular flexibility index (Phi) is 6.29. The molecule has 25 heavy (non-hydrogen) atoms. The summed E-state index contributed by atoms with van der Waals surface area (Å²) in [4.78, 5) is 26.1. The fourth-order valence-electron chi connectivity index (χ4n) is 2.83. The standard InChI is InChI=1S/C16H19ClF3N3O2/c17-12-3-5-13(6-4-12)23(10-16(18,19)20)14(24)9-22-7-1-2-11(8-22)15(21)25/h3-6,11H,1-2,7-10H2,(H2,21,25)/t11-/m1/s1. The van der Waals surface area contributed by atoms with Gasteiger partial charge in [-0.1, -0.05) is 11.6 Å². The van der Waals surface area contributed by atoms with Gasteiger partial charge in [0, 0.05) is 17.3 Å². The van der Waals surface area contributed by atoms with Crippen LogP contribution in [0.1, 0.15) is 12.8 Å². The third-order valence-corrected chi connectivity index (χ3v) is 4.30. The van der Waals surface area contributed by atoms with Crippen molar-refractivity contribution < 1.29 is 22.8 Å². The van der Waals surface area contributed by atoms with Gasteiger partial charge in [-0.05, 0) is 43.7 Å². The van der Waals surface area contributed by atoms with Crippen LogP contribution in [0.25, 0.3) is 0 Å². The molecule has 0 saturated carbocycles. The molecular formula is C16H19ClF3N3O2. The average molecular weight is 378 g/mol. The Labute approximate surface area is 148 Å². The maximum absolute atomic E-state index is 12.9. The van der Waals surface area contributed by atoms with E-state index in [9.17, 15) is 22.8 Å². The number of carbonyl (C=O) groups is 2. The lowest BCUT2D eigenvalue weighted by molar-refractivity contribution is -0.133. The van der Waals surface area contributed by atoms with E-state index in [2.05, 4.69) is 0 Å². The van der Waals surface area contributed by atoms with Crippen molar-refractivity contribution in [3.8, 4) is 0 Å². The highest BCUT2D eigenvalue weighted by Gasteiger charge is 2.35. The largest absolute Gasteiger partial charge is 0.406 e. The second-order valence-corrected chi connectivity index (χ2v) is 6.48. The van der Waals surface area contributed by atoms with Gasteiger partial charge >= 0.3 is 6.18 Å². The van der Waals surface area contributed by atoms with Crippen molar-refractivity contribution in [3.05, 3.63) is 29.3 Å². The van der Waals surface area contributed by atoms with E-state index in [4.69, 9.17) is 17.3 Å². The highest BCUT2D eigenvalue weighted by atomic mass is 35.5. The van der Waals surface area contributed by atoms with Gasteiger partial charge < -0.3 is 10.6 Å². The number of benzene rings is 1. The van der Waals surface area contributed by atoms with Crippen molar-refractivity contribution >= 4 is 29.1 Å². The Morgan fingerprint density at radius 2 is 1.92 bits per heavy atom. The van der Waals surface area contributed by atoms with Crippen molar-refractivity contribution in [2.75, 3.05) is 31.1 Å². The minimum Gasteiger partial charge on any atom is -0.369 e. The van der Waals surface area contributed by atoms with Gasteiger partial charge in [-0.2, -0.15) is 13.2 Å². The molecule has 0 aliphatic carbocycles. The molecule has 1 aliphatic rings. The number of likely N-dealkylation sites (tertiary alicyclic amines) is 1. The SMILES string of the molecule is NC(=O)[C@@H]1CCCN(CC(=O)N(CC(F)(F)F)c2ccc(Cl)cc2)C1. The summed E-state index contributed by atoms with van der Waals surface area (Å²) in [6.07, 6.45) is -3.24. The molecule has 2 N–H and O–H groups in total. The molecule has 1 fully saturated rings. The Morgan fingerprint density at radius 3 is 2.48 bits per heavy atom. The van der Waals surface area contributed by atoms with Gasteiger partial charge in [0.05, 0.1) is 12.5 Å². The topological polar surface area (TPSA) is 66.6 Å². The predicted octanol–water partition coefficient (Wildman–Crippen LogP) is 2.43. The van der Waals surface area contributed by atoms with Crippen molar-refractivity contribution in [2.45, 2.75) is 19.0 Å². The lowest BCUT2D eigenvalue weighted by Crippen LogP contribution is -2.48. The van der Waals surface area contributed by atoms with E-state index in [1.54, 1.807) is 4.90 Å². The summed E-state index contributed by atoms with van der Waals surface area (Å²) < 4.78 is 38.6. The lowest BCUT2D eigenvalue weighted by atomic mass is 9.97. The summed E-state index contributed by atoms with van der Waals surface area (Å²) >= 11 is 5.75. The van der Waals surface area contributed by atoms with Crippen LogP contribution in [0.2, 0.25) is 5.02 Å². The van der Waals surface area contributed by atoms with E-state index >= 15 is 0 Å². The average Bonchev–Trinajstić information content (AvgIpc) is 2.53. The van der Waals surface area contributed by atoms with E-state index in [1.165, 1.54) is 24.3 Å². The molecular weight excluding hydrogens is 359 g/mol. The molecule has 1 heterocycles.